The van der Waals surface area contributed by atoms with Gasteiger partial charge in [-0.05, 0) is 20.3 Å². The predicted octanol–water partition coefficient (Wildman–Crippen LogP) is 4.33. The van der Waals surface area contributed by atoms with Crippen molar-refractivity contribution < 1.29 is 4.74 Å². The van der Waals surface area contributed by atoms with Crippen molar-refractivity contribution in [2.75, 3.05) is 0 Å². The van der Waals surface area contributed by atoms with Crippen LogP contribution in [0.4, 0.5) is 0 Å². The van der Waals surface area contributed by atoms with Gasteiger partial charge in [0.1, 0.15) is 5.44 Å². The van der Waals surface area contributed by atoms with Crippen LogP contribution in [0.2, 0.25) is 0 Å². The molecule has 1 nitrogen and oxygen atoms in total. The Balaban J connectivity index is 3.66. The summed E-state index contributed by atoms with van der Waals surface area (Å²) >= 11 is 0. The van der Waals surface area contributed by atoms with Gasteiger partial charge in [-0.1, -0.05) is 48.8 Å². The van der Waals surface area contributed by atoms with Crippen molar-refractivity contribution in [2.24, 2.45) is 0 Å². The van der Waals surface area contributed by atoms with Gasteiger partial charge in [-0.2, -0.15) is 0 Å². The van der Waals surface area contributed by atoms with Crippen molar-refractivity contribution in [1.82, 2.24) is 0 Å². The maximum Gasteiger partial charge on any atom is 0.113 e. The molecular weight excluding hydrogens is 200 g/mol. The molecule has 0 aromatic heterocycles. The number of ether oxygens (including phenoxy) is 1. The molecule has 0 amide bonds. The SMILES string of the molecule is CCCC(OC(C)C)SSC(C)C. The number of hydrogen-bond donors (Lipinski definition) is 0. The van der Waals surface area contributed by atoms with Crippen LogP contribution in [-0.2, 0) is 4.74 Å². The Kier molecular flexibility index (Phi) is 8.42. The molecule has 0 bridgehead atoms. The van der Waals surface area contributed by atoms with Gasteiger partial charge in [0.05, 0.1) is 6.10 Å². The minimum Gasteiger partial charge on any atom is -0.364 e. The van der Waals surface area contributed by atoms with Crippen molar-refractivity contribution in [3.8, 4) is 0 Å². The normalized spacial score (nSPS) is 14.1. The highest BCUT2D eigenvalue weighted by Crippen LogP contribution is 2.34. The fourth-order valence-corrected chi connectivity index (χ4v) is 3.26. The van der Waals surface area contributed by atoms with Crippen molar-refractivity contribution in [2.45, 2.75) is 64.3 Å². The average molecular weight is 222 g/mol. The summed E-state index contributed by atoms with van der Waals surface area (Å²) < 4.78 is 5.78. The third kappa shape index (κ3) is 8.98. The van der Waals surface area contributed by atoms with E-state index in [9.17, 15) is 0 Å². The summed E-state index contributed by atoms with van der Waals surface area (Å²) in [6.45, 7) is 10.8. The minimum atomic E-state index is 0.344. The Hall–Kier alpha value is 0.660. The molecule has 0 saturated heterocycles. The highest BCUT2D eigenvalue weighted by molar-refractivity contribution is 8.77. The van der Waals surface area contributed by atoms with E-state index in [1.54, 1.807) is 0 Å². The second kappa shape index (κ2) is 8.01. The standard InChI is InChI=1S/C10H22OS2/c1-6-7-10(11-8(2)3)13-12-9(4)5/h8-10H,6-7H2,1-5H3. The monoisotopic (exact) mass is 222 g/mol. The Morgan fingerprint density at radius 2 is 1.69 bits per heavy atom. The van der Waals surface area contributed by atoms with Crippen LogP contribution >= 0.6 is 21.6 Å². The Morgan fingerprint density at radius 1 is 1.08 bits per heavy atom. The van der Waals surface area contributed by atoms with E-state index >= 15 is 0 Å². The molecule has 0 fully saturated rings. The van der Waals surface area contributed by atoms with E-state index in [1.807, 2.05) is 21.6 Å². The van der Waals surface area contributed by atoms with Crippen LogP contribution in [0.3, 0.4) is 0 Å². The summed E-state index contributed by atoms with van der Waals surface area (Å²) in [5.41, 5.74) is 0.373. The largest absolute Gasteiger partial charge is 0.364 e. The molecule has 0 saturated carbocycles. The molecule has 1 atom stereocenters. The smallest absolute Gasteiger partial charge is 0.113 e. The molecular formula is C10H22OS2. The second-order valence-corrected chi connectivity index (χ2v) is 6.65. The van der Waals surface area contributed by atoms with E-state index in [0.717, 1.165) is 6.42 Å². The molecule has 0 aromatic carbocycles. The Bertz CT molecular complexity index is 115. The fourth-order valence-electron chi connectivity index (χ4n) is 0.851. The topological polar surface area (TPSA) is 9.23 Å². The quantitative estimate of drug-likeness (QED) is 0.469. The summed E-state index contributed by atoms with van der Waals surface area (Å²) in [5, 5.41) is 0.681. The van der Waals surface area contributed by atoms with Crippen LogP contribution in [0.1, 0.15) is 47.5 Å². The zero-order chi connectivity index (χ0) is 10.3. The molecule has 0 aliphatic heterocycles. The third-order valence-electron chi connectivity index (χ3n) is 1.30. The van der Waals surface area contributed by atoms with Crippen LogP contribution in [0.15, 0.2) is 0 Å². The fraction of sp³-hybridized carbons (Fsp3) is 1.00. The van der Waals surface area contributed by atoms with E-state index in [-0.39, 0.29) is 0 Å². The lowest BCUT2D eigenvalue weighted by Crippen LogP contribution is -2.13. The van der Waals surface area contributed by atoms with Crippen molar-refractivity contribution in [3.63, 3.8) is 0 Å². The third-order valence-corrected chi connectivity index (χ3v) is 4.49. The Labute approximate surface area is 90.8 Å². The summed E-state index contributed by atoms with van der Waals surface area (Å²) in [7, 11) is 3.79. The van der Waals surface area contributed by atoms with Gasteiger partial charge in [0.15, 0.2) is 0 Å². The molecule has 0 heterocycles. The van der Waals surface area contributed by atoms with Crippen molar-refractivity contribution in [3.05, 3.63) is 0 Å². The molecule has 0 radical (unpaired) electrons. The van der Waals surface area contributed by atoms with Gasteiger partial charge in [-0.15, -0.1) is 0 Å². The highest BCUT2D eigenvalue weighted by Gasteiger charge is 2.11. The first-order chi connectivity index (χ1) is 6.06. The molecule has 0 spiro atoms. The molecule has 0 N–H and O–H groups in total. The van der Waals surface area contributed by atoms with Crippen LogP contribution in [-0.4, -0.2) is 16.8 Å². The van der Waals surface area contributed by atoms with Crippen LogP contribution < -0.4 is 0 Å². The van der Waals surface area contributed by atoms with Gasteiger partial charge >= 0.3 is 0 Å². The van der Waals surface area contributed by atoms with Gasteiger partial charge in [-0.25, -0.2) is 0 Å². The molecule has 0 rings (SSSR count). The van der Waals surface area contributed by atoms with Gasteiger partial charge in [-0.3, -0.25) is 0 Å². The van der Waals surface area contributed by atoms with Crippen molar-refractivity contribution in [1.29, 1.82) is 0 Å². The summed E-state index contributed by atoms with van der Waals surface area (Å²) in [5.74, 6) is 0. The van der Waals surface area contributed by atoms with Gasteiger partial charge in [0.2, 0.25) is 0 Å². The predicted molar refractivity (Wildman–Crippen MR) is 65.2 cm³/mol. The number of rotatable bonds is 7. The average Bonchev–Trinajstić information content (AvgIpc) is 1.99. The molecule has 3 heteroatoms. The van der Waals surface area contributed by atoms with Gasteiger partial charge in [0, 0.05) is 5.25 Å². The summed E-state index contributed by atoms with van der Waals surface area (Å²) in [6.07, 6.45) is 2.70. The van der Waals surface area contributed by atoms with Gasteiger partial charge in [0.25, 0.3) is 0 Å². The first-order valence-corrected chi connectivity index (χ1v) is 7.31. The Morgan fingerprint density at radius 3 is 2.08 bits per heavy atom. The number of hydrogen-bond acceptors (Lipinski definition) is 3. The summed E-state index contributed by atoms with van der Waals surface area (Å²) in [4.78, 5) is 0. The van der Waals surface area contributed by atoms with Crippen LogP contribution in [0, 0.1) is 0 Å². The van der Waals surface area contributed by atoms with E-state index < -0.39 is 0 Å². The van der Waals surface area contributed by atoms with E-state index in [0.29, 0.717) is 16.8 Å². The zero-order valence-corrected chi connectivity index (χ0v) is 11.0. The lowest BCUT2D eigenvalue weighted by Gasteiger charge is -2.19. The molecule has 0 aromatic rings. The maximum atomic E-state index is 5.78. The lowest BCUT2D eigenvalue weighted by atomic mass is 10.3. The first kappa shape index (κ1) is 13.7. The first-order valence-electron chi connectivity index (χ1n) is 5.03. The van der Waals surface area contributed by atoms with E-state index in [4.69, 9.17) is 4.74 Å². The lowest BCUT2D eigenvalue weighted by molar-refractivity contribution is 0.0556. The maximum absolute atomic E-state index is 5.78. The summed E-state index contributed by atoms with van der Waals surface area (Å²) in [6, 6.07) is 0. The molecule has 80 valence electrons. The molecule has 0 aliphatic rings. The van der Waals surface area contributed by atoms with Gasteiger partial charge < -0.3 is 4.74 Å². The molecule has 13 heavy (non-hydrogen) atoms. The second-order valence-electron chi connectivity index (χ2n) is 3.64. The minimum absolute atomic E-state index is 0.344. The van der Waals surface area contributed by atoms with Crippen molar-refractivity contribution >= 4 is 21.6 Å². The molecule has 0 aliphatic carbocycles. The zero-order valence-electron chi connectivity index (χ0n) is 9.37. The van der Waals surface area contributed by atoms with Crippen LogP contribution in [0.25, 0.3) is 0 Å². The molecule has 1 unspecified atom stereocenters. The van der Waals surface area contributed by atoms with E-state index in [2.05, 4.69) is 34.6 Å². The van der Waals surface area contributed by atoms with E-state index in [1.165, 1.54) is 6.42 Å². The highest BCUT2D eigenvalue weighted by atomic mass is 33.1. The van der Waals surface area contributed by atoms with Crippen LogP contribution in [0.5, 0.6) is 0 Å².